The van der Waals surface area contributed by atoms with Gasteiger partial charge in [-0.25, -0.2) is 14.1 Å². The van der Waals surface area contributed by atoms with Gasteiger partial charge in [0, 0.05) is 18.2 Å². The van der Waals surface area contributed by atoms with E-state index >= 15 is 0 Å². The molecule has 4 aromatic rings. The van der Waals surface area contributed by atoms with E-state index in [1.54, 1.807) is 17.9 Å². The first-order valence-corrected chi connectivity index (χ1v) is 8.56. The van der Waals surface area contributed by atoms with Crippen LogP contribution in [-0.2, 0) is 7.05 Å². The number of methoxy groups -OCH3 is 1. The highest BCUT2D eigenvalue weighted by Crippen LogP contribution is 2.28. The Morgan fingerprint density at radius 1 is 0.815 bits per heavy atom. The summed E-state index contributed by atoms with van der Waals surface area (Å²) < 4.78 is 20.6. The predicted molar refractivity (Wildman–Crippen MR) is 104 cm³/mol. The second-order valence-electron chi connectivity index (χ2n) is 6.21. The molecule has 134 valence electrons. The first-order chi connectivity index (χ1) is 13.1. The molecular formula is C22H18FN3O. The van der Waals surface area contributed by atoms with Crippen molar-refractivity contribution in [1.82, 2.24) is 14.8 Å². The summed E-state index contributed by atoms with van der Waals surface area (Å²) >= 11 is 0. The molecule has 0 N–H and O–H groups in total. The van der Waals surface area contributed by atoms with Gasteiger partial charge >= 0.3 is 0 Å². The van der Waals surface area contributed by atoms with E-state index < -0.39 is 0 Å². The zero-order chi connectivity index (χ0) is 18.8. The van der Waals surface area contributed by atoms with Crippen LogP contribution in [0.2, 0.25) is 0 Å². The van der Waals surface area contributed by atoms with Gasteiger partial charge in [0.25, 0.3) is 0 Å². The normalized spacial score (nSPS) is 10.8. The third-order valence-corrected chi connectivity index (χ3v) is 4.37. The number of aryl methyl sites for hydroxylation is 1. The van der Waals surface area contributed by atoms with E-state index in [-0.39, 0.29) is 5.82 Å². The molecule has 0 saturated carbocycles. The van der Waals surface area contributed by atoms with Crippen molar-refractivity contribution in [3.05, 3.63) is 78.6 Å². The van der Waals surface area contributed by atoms with Crippen molar-refractivity contribution in [3.8, 4) is 39.7 Å². The van der Waals surface area contributed by atoms with Gasteiger partial charge in [0.2, 0.25) is 0 Å². The number of rotatable bonds is 4. The molecule has 0 bridgehead atoms. The van der Waals surface area contributed by atoms with E-state index in [0.29, 0.717) is 5.82 Å². The van der Waals surface area contributed by atoms with E-state index in [0.717, 1.165) is 33.8 Å². The van der Waals surface area contributed by atoms with Crippen molar-refractivity contribution >= 4 is 0 Å². The van der Waals surface area contributed by atoms with Gasteiger partial charge in [-0.05, 0) is 41.5 Å². The number of benzene rings is 3. The molecule has 5 heteroatoms. The van der Waals surface area contributed by atoms with E-state index in [4.69, 9.17) is 9.72 Å². The quantitative estimate of drug-likeness (QED) is 0.517. The molecule has 3 aromatic carbocycles. The molecule has 0 aliphatic heterocycles. The summed E-state index contributed by atoms with van der Waals surface area (Å²) in [4.78, 5) is 4.70. The fraction of sp³-hybridized carbons (Fsp3) is 0.0909. The minimum absolute atomic E-state index is 0.253. The van der Waals surface area contributed by atoms with Crippen molar-refractivity contribution < 1.29 is 9.13 Å². The average molecular weight is 359 g/mol. The van der Waals surface area contributed by atoms with Crippen molar-refractivity contribution in [1.29, 1.82) is 0 Å². The summed E-state index contributed by atoms with van der Waals surface area (Å²) in [6, 6.07) is 22.1. The highest BCUT2D eigenvalue weighted by atomic mass is 19.1. The zero-order valence-electron chi connectivity index (χ0n) is 15.1. The van der Waals surface area contributed by atoms with Crippen molar-refractivity contribution in [2.24, 2.45) is 7.05 Å². The van der Waals surface area contributed by atoms with Gasteiger partial charge < -0.3 is 4.74 Å². The van der Waals surface area contributed by atoms with Gasteiger partial charge in [-0.3, -0.25) is 0 Å². The molecule has 0 amide bonds. The van der Waals surface area contributed by atoms with Gasteiger partial charge in [0.1, 0.15) is 11.6 Å². The lowest BCUT2D eigenvalue weighted by Crippen LogP contribution is -1.94. The molecular weight excluding hydrogens is 341 g/mol. The average Bonchev–Trinajstić information content (AvgIpc) is 3.10. The molecule has 0 aliphatic carbocycles. The fourth-order valence-corrected chi connectivity index (χ4v) is 3.03. The van der Waals surface area contributed by atoms with Crippen molar-refractivity contribution in [3.63, 3.8) is 0 Å². The summed E-state index contributed by atoms with van der Waals surface area (Å²) in [6.45, 7) is 0. The third kappa shape index (κ3) is 3.44. The molecule has 1 aromatic heterocycles. The smallest absolute Gasteiger partial charge is 0.181 e. The Kier molecular flexibility index (Phi) is 4.42. The van der Waals surface area contributed by atoms with Gasteiger partial charge in [-0.1, -0.05) is 42.5 Å². The third-order valence-electron chi connectivity index (χ3n) is 4.37. The summed E-state index contributed by atoms with van der Waals surface area (Å²) in [5.74, 6) is 1.88. The van der Waals surface area contributed by atoms with Crippen molar-refractivity contribution in [2.45, 2.75) is 0 Å². The lowest BCUT2D eigenvalue weighted by Gasteiger charge is -2.05. The van der Waals surface area contributed by atoms with Crippen molar-refractivity contribution in [2.75, 3.05) is 7.11 Å². The molecule has 0 unspecified atom stereocenters. The standard InChI is InChI=1S/C22H18FN3O/c1-26-22(24-21(25-26)17-8-5-11-20(14-17)27-2)18-9-3-6-15(12-18)16-7-4-10-19(23)13-16/h3-14H,1-2H3. The molecule has 0 aliphatic rings. The van der Waals surface area contributed by atoms with Crippen LogP contribution in [0, 0.1) is 5.82 Å². The minimum atomic E-state index is -0.253. The Bertz CT molecular complexity index is 1100. The highest BCUT2D eigenvalue weighted by Gasteiger charge is 2.12. The van der Waals surface area contributed by atoms with Gasteiger partial charge in [-0.2, -0.15) is 5.10 Å². The van der Waals surface area contributed by atoms with Crippen LogP contribution in [0.5, 0.6) is 5.75 Å². The Morgan fingerprint density at radius 2 is 1.48 bits per heavy atom. The summed E-state index contributed by atoms with van der Waals surface area (Å²) in [6.07, 6.45) is 0. The van der Waals surface area contributed by atoms with E-state index in [1.165, 1.54) is 12.1 Å². The molecule has 1 heterocycles. The monoisotopic (exact) mass is 359 g/mol. The van der Waals surface area contributed by atoms with Crippen LogP contribution in [0.25, 0.3) is 33.9 Å². The highest BCUT2D eigenvalue weighted by molar-refractivity contribution is 5.71. The molecule has 0 fully saturated rings. The van der Waals surface area contributed by atoms with Crippen LogP contribution in [0.15, 0.2) is 72.8 Å². The molecule has 0 radical (unpaired) electrons. The SMILES string of the molecule is COc1cccc(-c2nc(-c3cccc(-c4cccc(F)c4)c3)n(C)n2)c1. The number of hydrogen-bond acceptors (Lipinski definition) is 3. The Morgan fingerprint density at radius 3 is 2.26 bits per heavy atom. The Labute approximate surface area is 156 Å². The van der Waals surface area contributed by atoms with Gasteiger partial charge in [-0.15, -0.1) is 0 Å². The van der Waals surface area contributed by atoms with Crippen LogP contribution in [0.1, 0.15) is 0 Å². The molecule has 0 saturated heterocycles. The molecule has 4 rings (SSSR count). The number of aromatic nitrogens is 3. The summed E-state index contributed by atoms with van der Waals surface area (Å²) in [5, 5.41) is 4.54. The Hall–Kier alpha value is -3.47. The van der Waals surface area contributed by atoms with E-state index in [2.05, 4.69) is 5.10 Å². The molecule has 27 heavy (non-hydrogen) atoms. The number of hydrogen-bond donors (Lipinski definition) is 0. The minimum Gasteiger partial charge on any atom is -0.497 e. The van der Waals surface area contributed by atoms with Gasteiger partial charge in [0.05, 0.1) is 7.11 Å². The van der Waals surface area contributed by atoms with Crippen LogP contribution >= 0.6 is 0 Å². The molecule has 0 atom stereocenters. The first-order valence-electron chi connectivity index (χ1n) is 8.56. The van der Waals surface area contributed by atoms with Crippen LogP contribution < -0.4 is 4.74 Å². The number of ether oxygens (including phenoxy) is 1. The lowest BCUT2D eigenvalue weighted by molar-refractivity contribution is 0.415. The summed E-state index contributed by atoms with van der Waals surface area (Å²) in [5.41, 5.74) is 3.56. The molecule has 4 nitrogen and oxygen atoms in total. The van der Waals surface area contributed by atoms with Crippen LogP contribution in [0.4, 0.5) is 4.39 Å². The zero-order valence-corrected chi connectivity index (χ0v) is 15.1. The second-order valence-corrected chi connectivity index (χ2v) is 6.21. The Balaban J connectivity index is 1.74. The second kappa shape index (κ2) is 7.03. The van der Waals surface area contributed by atoms with Gasteiger partial charge in [0.15, 0.2) is 11.6 Å². The summed E-state index contributed by atoms with van der Waals surface area (Å²) in [7, 11) is 3.50. The lowest BCUT2D eigenvalue weighted by atomic mass is 10.0. The van der Waals surface area contributed by atoms with Crippen LogP contribution in [-0.4, -0.2) is 21.9 Å². The first kappa shape index (κ1) is 17.0. The van der Waals surface area contributed by atoms with Crippen LogP contribution in [0.3, 0.4) is 0 Å². The maximum atomic E-state index is 13.6. The maximum Gasteiger partial charge on any atom is 0.181 e. The predicted octanol–water partition coefficient (Wildman–Crippen LogP) is 4.96. The number of nitrogens with zero attached hydrogens (tertiary/aromatic N) is 3. The maximum absolute atomic E-state index is 13.6. The topological polar surface area (TPSA) is 39.9 Å². The molecule has 0 spiro atoms. The fourth-order valence-electron chi connectivity index (χ4n) is 3.03. The van der Waals surface area contributed by atoms with E-state index in [1.807, 2.05) is 61.6 Å². The largest absolute Gasteiger partial charge is 0.497 e. The number of halogens is 1. The van der Waals surface area contributed by atoms with E-state index in [9.17, 15) is 4.39 Å².